The van der Waals surface area contributed by atoms with Crippen LogP contribution in [-0.4, -0.2) is 71.0 Å². The Morgan fingerprint density at radius 3 is 2.37 bits per heavy atom. The van der Waals surface area contributed by atoms with Gasteiger partial charge in [-0.2, -0.15) is 0 Å². The summed E-state index contributed by atoms with van der Waals surface area (Å²) in [4.78, 5) is 16.9. The summed E-state index contributed by atoms with van der Waals surface area (Å²) in [5.41, 5.74) is 4.28. The molecule has 298 valence electrons. The van der Waals surface area contributed by atoms with E-state index in [2.05, 4.69) is 85.2 Å². The molecule has 4 aliphatic carbocycles. The van der Waals surface area contributed by atoms with Crippen molar-refractivity contribution in [2.24, 2.45) is 29.1 Å². The van der Waals surface area contributed by atoms with Crippen LogP contribution in [0.4, 0.5) is 0 Å². The Balaban J connectivity index is 1.31. The van der Waals surface area contributed by atoms with E-state index in [4.69, 9.17) is 9.16 Å². The van der Waals surface area contributed by atoms with Gasteiger partial charge in [0, 0.05) is 40.0 Å². The summed E-state index contributed by atoms with van der Waals surface area (Å²) in [7, 11) is -2.05. The molecule has 0 bridgehead atoms. The first kappa shape index (κ1) is 40.1. The number of fused-ring (bicyclic) bond motifs is 8. The topological polar surface area (TPSA) is 112 Å². The molecule has 7 nitrogen and oxygen atoms in total. The molecule has 0 amide bonds. The van der Waals surface area contributed by atoms with Gasteiger partial charge in [-0.25, -0.2) is 0 Å². The van der Waals surface area contributed by atoms with Crippen LogP contribution in [0.15, 0.2) is 42.0 Å². The fraction of sp³-hybridized carbons (Fsp3) is 0.717. The lowest BCUT2D eigenvalue weighted by molar-refractivity contribution is -0.187. The molecule has 2 aromatic rings. The highest BCUT2D eigenvalue weighted by atomic mass is 28.4. The minimum atomic E-state index is -2.05. The van der Waals surface area contributed by atoms with Gasteiger partial charge in [0.2, 0.25) is 0 Å². The maximum atomic E-state index is 13.1. The Bertz CT molecular complexity index is 1800. The van der Waals surface area contributed by atoms with Gasteiger partial charge in [-0.05, 0) is 140 Å². The Labute approximate surface area is 325 Å². The number of rotatable bonds is 10. The number of aldehydes is 1. The number of ether oxygens (including phenoxy) is 1. The van der Waals surface area contributed by atoms with E-state index >= 15 is 0 Å². The summed E-state index contributed by atoms with van der Waals surface area (Å²) >= 11 is 0. The number of carbonyl (C=O) groups is 1. The molecule has 1 aliphatic heterocycles. The molecule has 0 spiro atoms. The van der Waals surface area contributed by atoms with Gasteiger partial charge in [0.05, 0.1) is 17.3 Å². The van der Waals surface area contributed by atoms with Crippen molar-refractivity contribution in [2.45, 2.75) is 172 Å². The molecule has 0 saturated heterocycles. The highest BCUT2D eigenvalue weighted by molar-refractivity contribution is 6.77. The first-order valence-electron chi connectivity index (χ1n) is 21.1. The average Bonchev–Trinajstić information content (AvgIpc) is 3.51. The lowest BCUT2D eigenvalue weighted by Gasteiger charge is -2.65. The highest BCUT2D eigenvalue weighted by Gasteiger charge is 2.68. The maximum Gasteiger partial charge on any atom is 0.200 e. The molecule has 54 heavy (non-hydrogen) atoms. The second-order valence-electron chi connectivity index (χ2n) is 20.3. The van der Waals surface area contributed by atoms with Crippen molar-refractivity contribution >= 4 is 25.5 Å². The summed E-state index contributed by atoms with van der Waals surface area (Å²) in [6, 6.07) is 6.81. The third kappa shape index (κ3) is 5.54. The maximum absolute atomic E-state index is 13.1. The number of benzene rings is 1. The zero-order chi connectivity index (χ0) is 39.5. The molecule has 4 N–H and O–H groups in total. The molecular weight excluding hydrogens is 691 g/mol. The molecule has 1 aromatic carbocycles. The average molecular weight is 760 g/mol. The molecule has 2 heterocycles. The zero-order valence-corrected chi connectivity index (χ0v) is 36.0. The summed E-state index contributed by atoms with van der Waals surface area (Å²) < 4.78 is 13.7. The molecule has 11 atom stereocenters. The van der Waals surface area contributed by atoms with Crippen LogP contribution in [0.5, 0.6) is 0 Å². The molecule has 7 rings (SSSR count). The minimum Gasteiger partial charge on any atom is -0.416 e. The fourth-order valence-electron chi connectivity index (χ4n) is 13.4. The minimum absolute atomic E-state index is 0.133. The largest absolute Gasteiger partial charge is 0.416 e. The first-order chi connectivity index (χ1) is 25.2. The van der Waals surface area contributed by atoms with Gasteiger partial charge in [0.15, 0.2) is 8.32 Å². The number of aromatic nitrogens is 1. The van der Waals surface area contributed by atoms with Crippen molar-refractivity contribution in [1.29, 1.82) is 0 Å². The summed E-state index contributed by atoms with van der Waals surface area (Å²) in [5.74, 6) is 0.851. The van der Waals surface area contributed by atoms with Crippen LogP contribution in [0.3, 0.4) is 0 Å². The van der Waals surface area contributed by atoms with Gasteiger partial charge < -0.3 is 34.3 Å². The standard InChI is InChI=1S/C46H69NO6Si/c1-25(2)42-37(49)22-34-38(53-42)16-17-44(11)45(12,31(23-48)15-18-46(34,44)51)39-21-33-36(47-39)14-13-29-19-30(24-52-54(26(3)4,27(5)6)28(7)8)32-20-35(43(9,10)50)41(32)40(29)33/h13-14,21-23,26-28,30-32,35,37-38,41-42,47,49-51H,1,15-20,24H2,2-12H3/t30-,31+,32-,35+,37-,38+,41+,42-,44-,45-,46-/m1/s1. The number of hydrogen-bond acceptors (Lipinski definition) is 6. The van der Waals surface area contributed by atoms with E-state index in [1.165, 1.54) is 16.5 Å². The van der Waals surface area contributed by atoms with Crippen LogP contribution < -0.4 is 0 Å². The van der Waals surface area contributed by atoms with E-state index in [1.807, 2.05) is 26.8 Å². The van der Waals surface area contributed by atoms with Crippen molar-refractivity contribution < 1.29 is 29.3 Å². The van der Waals surface area contributed by atoms with Crippen molar-refractivity contribution in [3.63, 3.8) is 0 Å². The quantitative estimate of drug-likeness (QED) is 0.109. The number of aliphatic hydroxyl groups excluding tert-OH is 1. The number of carbonyl (C=O) groups excluding carboxylic acids is 1. The van der Waals surface area contributed by atoms with E-state index in [0.29, 0.717) is 54.1 Å². The Morgan fingerprint density at radius 1 is 1.11 bits per heavy atom. The lowest BCUT2D eigenvalue weighted by atomic mass is 9.41. The second-order valence-corrected chi connectivity index (χ2v) is 25.7. The molecule has 3 saturated carbocycles. The smallest absolute Gasteiger partial charge is 0.200 e. The number of nitrogens with one attached hydrogen (secondary N) is 1. The van der Waals surface area contributed by atoms with E-state index in [0.717, 1.165) is 48.1 Å². The molecule has 5 aliphatic rings. The predicted octanol–water partition coefficient (Wildman–Crippen LogP) is 9.05. The number of hydrogen-bond donors (Lipinski definition) is 4. The monoisotopic (exact) mass is 759 g/mol. The SMILES string of the molecule is C=C(C)[C@H]1O[C@H]2CC[C@@]3(C)[C@@](O)(CC[C@@H](C=O)[C@]3(C)c3cc4c5c(ccc4[nH]3)C[C@H](CO[Si](C(C)C)(C(C)C)C(C)C)[C@H]3C[C@H](C(C)(C)O)[C@@H]53)C2=C[C@H]1O. The molecule has 0 radical (unpaired) electrons. The van der Waals surface area contributed by atoms with Gasteiger partial charge in [-0.1, -0.05) is 68.0 Å². The van der Waals surface area contributed by atoms with Crippen LogP contribution in [-0.2, 0) is 25.8 Å². The first-order valence-corrected chi connectivity index (χ1v) is 23.2. The van der Waals surface area contributed by atoms with E-state index in [-0.39, 0.29) is 23.9 Å². The Morgan fingerprint density at radius 2 is 1.78 bits per heavy atom. The van der Waals surface area contributed by atoms with E-state index in [9.17, 15) is 20.1 Å². The van der Waals surface area contributed by atoms with Crippen molar-refractivity contribution in [3.8, 4) is 0 Å². The van der Waals surface area contributed by atoms with Crippen LogP contribution in [0.1, 0.15) is 131 Å². The Kier molecular flexibility index (Phi) is 10.0. The van der Waals surface area contributed by atoms with Crippen LogP contribution >= 0.6 is 0 Å². The third-order valence-electron chi connectivity index (χ3n) is 16.5. The highest BCUT2D eigenvalue weighted by Crippen LogP contribution is 2.67. The van der Waals surface area contributed by atoms with Crippen molar-refractivity contribution in [1.82, 2.24) is 4.98 Å². The summed E-state index contributed by atoms with van der Waals surface area (Å²) in [5, 5.41) is 36.9. The van der Waals surface area contributed by atoms with Crippen LogP contribution in [0.2, 0.25) is 16.6 Å². The van der Waals surface area contributed by atoms with Crippen molar-refractivity contribution in [3.05, 3.63) is 58.8 Å². The Hall–Kier alpha value is -2.07. The second kappa shape index (κ2) is 13.5. The fourth-order valence-corrected chi connectivity index (χ4v) is 18.9. The number of H-pyrrole nitrogens is 1. The van der Waals surface area contributed by atoms with E-state index < -0.39 is 42.6 Å². The van der Waals surface area contributed by atoms with Gasteiger partial charge in [0.25, 0.3) is 0 Å². The van der Waals surface area contributed by atoms with Gasteiger partial charge in [-0.3, -0.25) is 0 Å². The van der Waals surface area contributed by atoms with Crippen LogP contribution in [0, 0.1) is 29.1 Å². The van der Waals surface area contributed by atoms with Gasteiger partial charge in [-0.15, -0.1) is 0 Å². The predicted molar refractivity (Wildman–Crippen MR) is 219 cm³/mol. The van der Waals surface area contributed by atoms with Gasteiger partial charge in [0.1, 0.15) is 18.5 Å². The molecule has 1 aromatic heterocycles. The van der Waals surface area contributed by atoms with E-state index in [1.54, 1.807) is 0 Å². The zero-order valence-electron chi connectivity index (χ0n) is 35.0. The van der Waals surface area contributed by atoms with Crippen molar-refractivity contribution in [2.75, 3.05) is 6.61 Å². The molecule has 3 fully saturated rings. The summed E-state index contributed by atoms with van der Waals surface area (Å²) in [6.45, 7) is 29.1. The summed E-state index contributed by atoms with van der Waals surface area (Å²) in [6.07, 6.45) is 5.52. The van der Waals surface area contributed by atoms with Crippen LogP contribution in [0.25, 0.3) is 10.9 Å². The number of aliphatic hydroxyl groups is 3. The van der Waals surface area contributed by atoms with Gasteiger partial charge >= 0.3 is 0 Å². The normalized spacial score (nSPS) is 38.1. The number of aromatic amines is 1. The lowest BCUT2D eigenvalue weighted by Crippen LogP contribution is -2.68. The molecule has 0 unspecified atom stereocenters. The molecule has 8 heteroatoms. The third-order valence-corrected chi connectivity index (χ3v) is 22.5. The molecular formula is C46H69NO6Si.